The Labute approximate surface area is 180 Å². The number of carbonyl (C=O) groups excluding carboxylic acids is 2. The fourth-order valence-corrected chi connectivity index (χ4v) is 4.46. The van der Waals surface area contributed by atoms with Gasteiger partial charge < -0.3 is 9.88 Å². The minimum Gasteiger partial charge on any atom is -0.356 e. The van der Waals surface area contributed by atoms with Crippen LogP contribution in [0.5, 0.6) is 0 Å². The zero-order valence-electron chi connectivity index (χ0n) is 18.8. The Morgan fingerprint density at radius 3 is 2.57 bits per heavy atom. The van der Waals surface area contributed by atoms with Crippen molar-refractivity contribution in [3.8, 4) is 5.69 Å². The molecule has 1 amide bonds. The number of rotatable bonds is 8. The number of hydrogen-bond donors (Lipinski definition) is 1. The molecule has 1 aromatic carbocycles. The lowest BCUT2D eigenvalue weighted by molar-refractivity contribution is -0.121. The highest BCUT2D eigenvalue weighted by Crippen LogP contribution is 2.23. The third-order valence-electron chi connectivity index (χ3n) is 6.06. The van der Waals surface area contributed by atoms with Crippen LogP contribution >= 0.6 is 0 Å². The van der Waals surface area contributed by atoms with Crippen LogP contribution in [0.3, 0.4) is 0 Å². The molecule has 0 radical (unpaired) electrons. The second-order valence-corrected chi connectivity index (χ2v) is 8.68. The normalized spacial score (nSPS) is 17.1. The predicted octanol–water partition coefficient (Wildman–Crippen LogP) is 4.21. The van der Waals surface area contributed by atoms with Crippen LogP contribution in [-0.2, 0) is 4.79 Å². The van der Waals surface area contributed by atoms with E-state index < -0.39 is 0 Å². The summed E-state index contributed by atoms with van der Waals surface area (Å²) in [7, 11) is 0. The van der Waals surface area contributed by atoms with Gasteiger partial charge in [-0.2, -0.15) is 0 Å². The number of nitrogens with one attached hydrogen (secondary N) is 1. The Balaban J connectivity index is 1.64. The van der Waals surface area contributed by atoms with Crippen molar-refractivity contribution in [1.29, 1.82) is 0 Å². The van der Waals surface area contributed by atoms with Gasteiger partial charge in [-0.3, -0.25) is 14.5 Å². The van der Waals surface area contributed by atoms with Crippen molar-refractivity contribution in [3.63, 3.8) is 0 Å². The number of ketones is 1. The minimum absolute atomic E-state index is 0.134. The summed E-state index contributed by atoms with van der Waals surface area (Å²) in [4.78, 5) is 27.1. The van der Waals surface area contributed by atoms with E-state index in [1.165, 1.54) is 5.56 Å². The van der Waals surface area contributed by atoms with Crippen molar-refractivity contribution >= 4 is 11.7 Å². The van der Waals surface area contributed by atoms with Crippen molar-refractivity contribution in [2.45, 2.75) is 53.4 Å². The summed E-state index contributed by atoms with van der Waals surface area (Å²) in [6, 6.07) is 10.4. The minimum atomic E-state index is 0.134. The van der Waals surface area contributed by atoms with Crippen LogP contribution in [0.4, 0.5) is 0 Å². The molecule has 2 heterocycles. The molecule has 0 aliphatic carbocycles. The van der Waals surface area contributed by atoms with E-state index in [1.807, 2.05) is 19.9 Å². The number of amides is 1. The van der Waals surface area contributed by atoms with Gasteiger partial charge in [0.15, 0.2) is 5.78 Å². The number of aromatic nitrogens is 1. The smallest absolute Gasteiger partial charge is 0.219 e. The Morgan fingerprint density at radius 1 is 1.13 bits per heavy atom. The summed E-state index contributed by atoms with van der Waals surface area (Å²) in [5.41, 5.74) is 5.21. The number of likely N-dealkylation sites (tertiary alicyclic amines) is 1. The molecule has 0 bridgehead atoms. The molecular formula is C25H35N3O2. The SMILES string of the molecule is CCCC(=O)NCC1CCCN(CC(=O)c2cc(C)n(-c3ccc(C)cc3)c2C)C1. The van der Waals surface area contributed by atoms with Crippen molar-refractivity contribution < 1.29 is 9.59 Å². The number of benzene rings is 1. The highest BCUT2D eigenvalue weighted by atomic mass is 16.1. The monoisotopic (exact) mass is 409 g/mol. The van der Waals surface area contributed by atoms with E-state index in [-0.39, 0.29) is 11.7 Å². The zero-order valence-corrected chi connectivity index (χ0v) is 18.8. The first-order valence-electron chi connectivity index (χ1n) is 11.2. The molecule has 1 unspecified atom stereocenters. The molecule has 5 nitrogen and oxygen atoms in total. The van der Waals surface area contributed by atoms with E-state index in [0.29, 0.717) is 25.4 Å². The fraction of sp³-hybridized carbons (Fsp3) is 0.520. The standard InChI is InChI=1S/C25H35N3O2/c1-5-7-25(30)26-15-21-8-6-13-27(16-21)17-24(29)23-14-19(3)28(20(23)4)22-11-9-18(2)10-12-22/h9-12,14,21H,5-8,13,15-17H2,1-4H3,(H,26,30). The number of hydrogen-bond acceptors (Lipinski definition) is 3. The molecule has 0 saturated carbocycles. The van der Waals surface area contributed by atoms with Crippen molar-refractivity contribution in [2.24, 2.45) is 5.92 Å². The Bertz CT molecular complexity index is 883. The molecule has 1 fully saturated rings. The van der Waals surface area contributed by atoms with E-state index in [4.69, 9.17) is 0 Å². The first-order valence-corrected chi connectivity index (χ1v) is 11.2. The van der Waals surface area contributed by atoms with E-state index in [0.717, 1.165) is 55.0 Å². The van der Waals surface area contributed by atoms with Crippen LogP contribution < -0.4 is 5.32 Å². The van der Waals surface area contributed by atoms with Gasteiger partial charge >= 0.3 is 0 Å². The highest BCUT2D eigenvalue weighted by molar-refractivity contribution is 5.99. The van der Waals surface area contributed by atoms with Crippen LogP contribution in [0.25, 0.3) is 5.69 Å². The molecule has 5 heteroatoms. The average molecular weight is 410 g/mol. The third-order valence-corrected chi connectivity index (χ3v) is 6.06. The van der Waals surface area contributed by atoms with Crippen LogP contribution in [0.15, 0.2) is 30.3 Å². The Kier molecular flexibility index (Phi) is 7.48. The molecule has 1 saturated heterocycles. The second kappa shape index (κ2) is 10.1. The summed E-state index contributed by atoms with van der Waals surface area (Å²) in [5, 5.41) is 3.05. The Hall–Kier alpha value is -2.40. The van der Waals surface area contributed by atoms with Crippen molar-refractivity contribution in [3.05, 3.63) is 52.8 Å². The second-order valence-electron chi connectivity index (χ2n) is 8.68. The van der Waals surface area contributed by atoms with Crippen LogP contribution in [0, 0.1) is 26.7 Å². The van der Waals surface area contributed by atoms with Gasteiger partial charge in [-0.1, -0.05) is 24.6 Å². The molecule has 30 heavy (non-hydrogen) atoms. The number of nitrogens with zero attached hydrogens (tertiary/aromatic N) is 2. The summed E-state index contributed by atoms with van der Waals surface area (Å²) in [6.45, 7) is 11.2. The average Bonchev–Trinajstić information content (AvgIpc) is 3.02. The molecule has 162 valence electrons. The topological polar surface area (TPSA) is 54.3 Å². The molecular weight excluding hydrogens is 374 g/mol. The lowest BCUT2D eigenvalue weighted by Crippen LogP contribution is -2.42. The van der Waals surface area contributed by atoms with E-state index in [2.05, 4.69) is 52.9 Å². The van der Waals surface area contributed by atoms with Crippen molar-refractivity contribution in [2.75, 3.05) is 26.2 Å². The predicted molar refractivity (Wildman–Crippen MR) is 121 cm³/mol. The quantitative estimate of drug-likeness (QED) is 0.665. The van der Waals surface area contributed by atoms with Crippen LogP contribution in [0.2, 0.25) is 0 Å². The molecule has 1 aromatic heterocycles. The van der Waals surface area contributed by atoms with Crippen LogP contribution in [0.1, 0.15) is 59.9 Å². The molecule has 3 rings (SSSR count). The molecule has 1 aliphatic heterocycles. The van der Waals surface area contributed by atoms with Gasteiger partial charge in [0.2, 0.25) is 5.91 Å². The highest BCUT2D eigenvalue weighted by Gasteiger charge is 2.24. The number of piperidine rings is 1. The lowest BCUT2D eigenvalue weighted by Gasteiger charge is -2.32. The van der Waals surface area contributed by atoms with Crippen molar-refractivity contribution in [1.82, 2.24) is 14.8 Å². The summed E-state index contributed by atoms with van der Waals surface area (Å²) < 4.78 is 2.16. The van der Waals surface area contributed by atoms with Gasteiger partial charge in [-0.25, -0.2) is 0 Å². The van der Waals surface area contributed by atoms with Gasteiger partial charge in [0.25, 0.3) is 0 Å². The van der Waals surface area contributed by atoms with Gasteiger partial charge in [0.05, 0.1) is 6.54 Å². The van der Waals surface area contributed by atoms with Gasteiger partial charge in [0.1, 0.15) is 0 Å². The number of aryl methyl sites for hydroxylation is 2. The molecule has 0 spiro atoms. The lowest BCUT2D eigenvalue weighted by atomic mass is 9.97. The number of carbonyl (C=O) groups is 2. The fourth-order valence-electron chi connectivity index (χ4n) is 4.46. The number of Topliss-reactive ketones (excluding diaryl/α,β-unsaturated/α-hetero) is 1. The molecule has 1 aliphatic rings. The molecule has 2 aromatic rings. The molecule has 1 N–H and O–H groups in total. The summed E-state index contributed by atoms with van der Waals surface area (Å²) in [6.07, 6.45) is 3.65. The van der Waals surface area contributed by atoms with Gasteiger partial charge in [0, 0.05) is 42.1 Å². The summed E-state index contributed by atoms with van der Waals surface area (Å²) in [5.74, 6) is 0.735. The third kappa shape index (κ3) is 5.39. The van der Waals surface area contributed by atoms with Gasteiger partial charge in [-0.05, 0) is 70.7 Å². The maximum absolute atomic E-state index is 13.1. The molecule has 1 atom stereocenters. The first-order chi connectivity index (χ1) is 14.4. The van der Waals surface area contributed by atoms with E-state index in [1.54, 1.807) is 0 Å². The maximum atomic E-state index is 13.1. The van der Waals surface area contributed by atoms with Crippen LogP contribution in [-0.4, -0.2) is 47.3 Å². The maximum Gasteiger partial charge on any atom is 0.219 e. The first kappa shape index (κ1) is 22.3. The largest absolute Gasteiger partial charge is 0.356 e. The summed E-state index contributed by atoms with van der Waals surface area (Å²) >= 11 is 0. The van der Waals surface area contributed by atoms with Gasteiger partial charge in [-0.15, -0.1) is 0 Å². The Morgan fingerprint density at radius 2 is 1.87 bits per heavy atom. The van der Waals surface area contributed by atoms with E-state index >= 15 is 0 Å². The zero-order chi connectivity index (χ0) is 21.7. The van der Waals surface area contributed by atoms with E-state index in [9.17, 15) is 9.59 Å².